The fraction of sp³-hybridized carbons (Fsp3) is 0.316. The number of phenolic OH excluding ortho intramolecular Hbond substituents is 1. The molecule has 0 bridgehead atoms. The summed E-state index contributed by atoms with van der Waals surface area (Å²) in [6.45, 7) is 1.92. The second kappa shape index (κ2) is 6.84. The molecule has 0 aliphatic rings. The van der Waals surface area contributed by atoms with Gasteiger partial charge in [0.2, 0.25) is 0 Å². The highest BCUT2D eigenvalue weighted by Crippen LogP contribution is 2.30. The highest BCUT2D eigenvalue weighted by Gasteiger charge is 2.36. The zero-order valence-electron chi connectivity index (χ0n) is 14.0. The third-order valence-electron chi connectivity index (χ3n) is 4.31. The average Bonchev–Trinajstić information content (AvgIpc) is 2.54. The summed E-state index contributed by atoms with van der Waals surface area (Å²) in [5.74, 6) is 0.291. The summed E-state index contributed by atoms with van der Waals surface area (Å²) in [6, 6.07) is 14.7. The Hall–Kier alpha value is -2.33. The summed E-state index contributed by atoms with van der Waals surface area (Å²) in [6.07, 6.45) is 0.590. The third kappa shape index (κ3) is 3.54. The number of Topliss-reactive ketones (excluding diaryl/α,β-unsaturated/α-hetero) is 1. The monoisotopic (exact) mass is 313 g/mol. The molecule has 4 heteroatoms. The molecule has 2 rings (SSSR count). The van der Waals surface area contributed by atoms with E-state index in [1.807, 2.05) is 56.3 Å². The number of ketones is 1. The van der Waals surface area contributed by atoms with E-state index in [4.69, 9.17) is 4.74 Å². The molecule has 23 heavy (non-hydrogen) atoms. The van der Waals surface area contributed by atoms with Gasteiger partial charge in [0, 0.05) is 5.56 Å². The molecule has 0 fully saturated rings. The Balaban J connectivity index is 2.36. The minimum absolute atomic E-state index is 0.0285. The maximum atomic E-state index is 13.1. The van der Waals surface area contributed by atoms with Gasteiger partial charge in [0.05, 0.1) is 12.6 Å². The van der Waals surface area contributed by atoms with Crippen molar-refractivity contribution in [3.8, 4) is 11.5 Å². The van der Waals surface area contributed by atoms with Crippen molar-refractivity contribution >= 4 is 5.78 Å². The van der Waals surface area contributed by atoms with E-state index < -0.39 is 5.54 Å². The van der Waals surface area contributed by atoms with E-state index in [1.54, 1.807) is 12.1 Å². The van der Waals surface area contributed by atoms with Crippen LogP contribution in [0.4, 0.5) is 0 Å². The number of hydrogen-bond donors (Lipinski definition) is 1. The number of aromatic hydroxyl groups is 1. The topological polar surface area (TPSA) is 49.8 Å². The zero-order valence-corrected chi connectivity index (χ0v) is 14.0. The van der Waals surface area contributed by atoms with Gasteiger partial charge in [-0.05, 0) is 51.2 Å². The van der Waals surface area contributed by atoms with Gasteiger partial charge in [-0.1, -0.05) is 30.3 Å². The van der Waals surface area contributed by atoms with Crippen molar-refractivity contribution < 1.29 is 14.6 Å². The number of likely N-dealkylation sites (N-methyl/N-ethyl adjacent to an activating group) is 1. The average molecular weight is 313 g/mol. The highest BCUT2D eigenvalue weighted by atomic mass is 16.5. The van der Waals surface area contributed by atoms with E-state index in [0.29, 0.717) is 17.7 Å². The van der Waals surface area contributed by atoms with Gasteiger partial charge in [-0.15, -0.1) is 0 Å². The van der Waals surface area contributed by atoms with E-state index in [2.05, 4.69) is 0 Å². The van der Waals surface area contributed by atoms with E-state index in [-0.39, 0.29) is 11.5 Å². The molecule has 0 spiro atoms. The molecule has 0 saturated carbocycles. The summed E-state index contributed by atoms with van der Waals surface area (Å²) in [4.78, 5) is 15.0. The van der Waals surface area contributed by atoms with Crippen molar-refractivity contribution in [2.24, 2.45) is 0 Å². The minimum atomic E-state index is -0.706. The second-order valence-corrected chi connectivity index (χ2v) is 6.05. The van der Waals surface area contributed by atoms with Crippen LogP contribution in [-0.2, 0) is 6.42 Å². The fourth-order valence-corrected chi connectivity index (χ4v) is 2.58. The van der Waals surface area contributed by atoms with Crippen LogP contribution in [0.5, 0.6) is 11.5 Å². The highest BCUT2D eigenvalue weighted by molar-refractivity contribution is 6.03. The van der Waals surface area contributed by atoms with Gasteiger partial charge in [0.1, 0.15) is 0 Å². The molecule has 0 heterocycles. The molecule has 1 atom stereocenters. The first-order valence-corrected chi connectivity index (χ1v) is 7.51. The predicted molar refractivity (Wildman–Crippen MR) is 91.2 cm³/mol. The molecule has 1 unspecified atom stereocenters. The Morgan fingerprint density at radius 3 is 2.35 bits per heavy atom. The first kappa shape index (κ1) is 17.0. The third-order valence-corrected chi connectivity index (χ3v) is 4.31. The number of methoxy groups -OCH3 is 1. The lowest BCUT2D eigenvalue weighted by Gasteiger charge is -2.35. The predicted octanol–water partition coefficient (Wildman–Crippen LogP) is 3.15. The van der Waals surface area contributed by atoms with Crippen LogP contribution < -0.4 is 4.74 Å². The molecule has 0 radical (unpaired) electrons. The van der Waals surface area contributed by atoms with E-state index >= 15 is 0 Å². The second-order valence-electron chi connectivity index (χ2n) is 6.05. The molecular weight excluding hydrogens is 290 g/mol. The van der Waals surface area contributed by atoms with Crippen molar-refractivity contribution in [1.29, 1.82) is 0 Å². The SMILES string of the molecule is COc1ccc(C(=O)C(C)(Cc2ccccc2)N(C)C)cc1O. The summed E-state index contributed by atoms with van der Waals surface area (Å²) < 4.78 is 5.04. The van der Waals surface area contributed by atoms with Gasteiger partial charge in [-0.3, -0.25) is 9.69 Å². The Morgan fingerprint density at radius 1 is 1.17 bits per heavy atom. The number of phenols is 1. The Labute approximate surface area is 137 Å². The molecule has 2 aromatic rings. The molecule has 0 amide bonds. The maximum absolute atomic E-state index is 13.1. The lowest BCUT2D eigenvalue weighted by Crippen LogP contribution is -2.50. The van der Waals surface area contributed by atoms with E-state index in [1.165, 1.54) is 13.2 Å². The molecule has 2 aromatic carbocycles. The molecule has 122 valence electrons. The lowest BCUT2D eigenvalue weighted by atomic mass is 9.84. The van der Waals surface area contributed by atoms with Gasteiger partial charge in [0.15, 0.2) is 17.3 Å². The number of ether oxygens (including phenoxy) is 1. The van der Waals surface area contributed by atoms with Gasteiger partial charge in [-0.2, -0.15) is 0 Å². The maximum Gasteiger partial charge on any atom is 0.183 e. The Morgan fingerprint density at radius 2 is 1.83 bits per heavy atom. The van der Waals surface area contributed by atoms with Crippen LogP contribution in [0.25, 0.3) is 0 Å². The largest absolute Gasteiger partial charge is 0.504 e. The van der Waals surface area contributed by atoms with Crippen LogP contribution in [0.2, 0.25) is 0 Å². The molecule has 0 aliphatic heterocycles. The summed E-state index contributed by atoms with van der Waals surface area (Å²) in [5, 5.41) is 9.94. The standard InChI is InChI=1S/C19H23NO3/c1-19(20(2)3,13-14-8-6-5-7-9-14)18(22)15-10-11-17(23-4)16(21)12-15/h5-12,21H,13H2,1-4H3. The molecular formula is C19H23NO3. The quantitative estimate of drug-likeness (QED) is 0.832. The number of benzene rings is 2. The van der Waals surface area contributed by atoms with E-state index in [0.717, 1.165) is 5.56 Å². The smallest absolute Gasteiger partial charge is 0.183 e. The number of carbonyl (C=O) groups excluding carboxylic acids is 1. The first-order valence-electron chi connectivity index (χ1n) is 7.51. The van der Waals surface area contributed by atoms with Gasteiger partial charge < -0.3 is 9.84 Å². The van der Waals surface area contributed by atoms with Gasteiger partial charge in [0.25, 0.3) is 0 Å². The molecule has 0 aliphatic carbocycles. The van der Waals surface area contributed by atoms with Crippen LogP contribution in [0.15, 0.2) is 48.5 Å². The van der Waals surface area contributed by atoms with Crippen molar-refractivity contribution in [2.45, 2.75) is 18.9 Å². The number of nitrogens with zero attached hydrogens (tertiary/aromatic N) is 1. The van der Waals surface area contributed by atoms with Crippen molar-refractivity contribution in [2.75, 3.05) is 21.2 Å². The summed E-state index contributed by atoms with van der Waals surface area (Å²) >= 11 is 0. The molecule has 4 nitrogen and oxygen atoms in total. The van der Waals surface area contributed by atoms with Crippen LogP contribution in [0, 0.1) is 0 Å². The number of carbonyl (C=O) groups is 1. The normalized spacial score (nSPS) is 13.6. The van der Waals surface area contributed by atoms with Crippen molar-refractivity contribution in [3.63, 3.8) is 0 Å². The Bertz CT molecular complexity index is 682. The van der Waals surface area contributed by atoms with Crippen molar-refractivity contribution in [3.05, 3.63) is 59.7 Å². The molecule has 1 N–H and O–H groups in total. The number of hydrogen-bond acceptors (Lipinski definition) is 4. The Kier molecular flexibility index (Phi) is 5.06. The van der Waals surface area contributed by atoms with Gasteiger partial charge >= 0.3 is 0 Å². The fourth-order valence-electron chi connectivity index (χ4n) is 2.58. The number of rotatable bonds is 6. The summed E-state index contributed by atoms with van der Waals surface area (Å²) in [7, 11) is 5.27. The van der Waals surface area contributed by atoms with Crippen molar-refractivity contribution in [1.82, 2.24) is 4.90 Å². The molecule has 0 saturated heterocycles. The molecule has 0 aromatic heterocycles. The van der Waals surface area contributed by atoms with Crippen LogP contribution in [0.1, 0.15) is 22.8 Å². The van der Waals surface area contributed by atoms with Crippen LogP contribution in [0.3, 0.4) is 0 Å². The van der Waals surface area contributed by atoms with E-state index in [9.17, 15) is 9.90 Å². The minimum Gasteiger partial charge on any atom is -0.504 e. The van der Waals surface area contributed by atoms with Gasteiger partial charge in [-0.25, -0.2) is 0 Å². The zero-order chi connectivity index (χ0) is 17.0. The first-order chi connectivity index (χ1) is 10.9. The summed E-state index contributed by atoms with van der Waals surface area (Å²) in [5.41, 5.74) is 0.854. The van der Waals surface area contributed by atoms with Crippen LogP contribution >= 0.6 is 0 Å². The lowest BCUT2D eigenvalue weighted by molar-refractivity contribution is 0.0718. The van der Waals surface area contributed by atoms with Crippen LogP contribution in [-0.4, -0.2) is 42.5 Å².